The molecule has 1 aromatic heterocycles. The van der Waals surface area contributed by atoms with Crippen LogP contribution < -0.4 is 10.0 Å². The summed E-state index contributed by atoms with van der Waals surface area (Å²) >= 11 is 0. The Morgan fingerprint density at radius 3 is 2.33 bits per heavy atom. The van der Waals surface area contributed by atoms with E-state index >= 15 is 0 Å². The zero-order valence-electron chi connectivity index (χ0n) is 18.4. The SMILES string of the molecule is CC(C)NS(=O)(=O)c1ccc(NC(=O)C(C)OC(=O)c2cn(Cc3ccccc3)nn2)cc1. The van der Waals surface area contributed by atoms with Gasteiger partial charge in [-0.05, 0) is 50.6 Å². The summed E-state index contributed by atoms with van der Waals surface area (Å²) in [5.41, 5.74) is 1.34. The number of ether oxygens (including phenoxy) is 1. The van der Waals surface area contributed by atoms with Gasteiger partial charge in [-0.15, -0.1) is 5.10 Å². The van der Waals surface area contributed by atoms with Crippen molar-refractivity contribution in [2.45, 2.75) is 44.4 Å². The maximum absolute atomic E-state index is 12.4. The number of hydrogen-bond donors (Lipinski definition) is 2. The molecule has 0 bridgehead atoms. The zero-order chi connectivity index (χ0) is 24.0. The van der Waals surface area contributed by atoms with E-state index in [9.17, 15) is 18.0 Å². The Labute approximate surface area is 192 Å². The Kier molecular flexibility index (Phi) is 7.56. The Balaban J connectivity index is 1.55. The van der Waals surface area contributed by atoms with Gasteiger partial charge in [-0.25, -0.2) is 22.6 Å². The summed E-state index contributed by atoms with van der Waals surface area (Å²) in [6, 6.07) is 15.0. The highest BCUT2D eigenvalue weighted by molar-refractivity contribution is 7.89. The summed E-state index contributed by atoms with van der Waals surface area (Å²) in [7, 11) is -3.63. The van der Waals surface area contributed by atoms with Crippen molar-refractivity contribution in [2.75, 3.05) is 5.32 Å². The molecule has 11 heteroatoms. The molecule has 0 aliphatic carbocycles. The molecule has 2 aromatic carbocycles. The third kappa shape index (κ3) is 6.70. The van der Waals surface area contributed by atoms with Gasteiger partial charge in [0.25, 0.3) is 5.91 Å². The number of carbonyl (C=O) groups excluding carboxylic acids is 2. The van der Waals surface area contributed by atoms with Crippen molar-refractivity contribution in [1.82, 2.24) is 19.7 Å². The zero-order valence-corrected chi connectivity index (χ0v) is 19.2. The molecule has 0 aliphatic heterocycles. The lowest BCUT2D eigenvalue weighted by Gasteiger charge is -2.13. The predicted molar refractivity (Wildman–Crippen MR) is 121 cm³/mol. The van der Waals surface area contributed by atoms with Crippen LogP contribution in [0.1, 0.15) is 36.8 Å². The molecule has 10 nitrogen and oxygen atoms in total. The van der Waals surface area contributed by atoms with Crippen LogP contribution in [-0.4, -0.2) is 47.4 Å². The lowest BCUT2D eigenvalue weighted by Crippen LogP contribution is -2.31. The van der Waals surface area contributed by atoms with Gasteiger partial charge in [-0.2, -0.15) is 0 Å². The number of carbonyl (C=O) groups is 2. The molecule has 2 N–H and O–H groups in total. The summed E-state index contributed by atoms with van der Waals surface area (Å²) in [5.74, 6) is -1.35. The molecule has 0 saturated heterocycles. The number of amides is 1. The van der Waals surface area contributed by atoms with Gasteiger partial charge in [0.05, 0.1) is 17.6 Å². The molecule has 0 saturated carbocycles. The molecule has 0 aliphatic rings. The van der Waals surface area contributed by atoms with Crippen molar-refractivity contribution in [3.8, 4) is 0 Å². The van der Waals surface area contributed by atoms with Gasteiger partial charge >= 0.3 is 5.97 Å². The van der Waals surface area contributed by atoms with E-state index in [4.69, 9.17) is 4.74 Å². The molecule has 1 amide bonds. The summed E-state index contributed by atoms with van der Waals surface area (Å²) in [6.07, 6.45) is 0.340. The predicted octanol–water partition coefficient (Wildman–Crippen LogP) is 2.20. The number of nitrogens with zero attached hydrogens (tertiary/aromatic N) is 3. The van der Waals surface area contributed by atoms with E-state index in [1.54, 1.807) is 13.8 Å². The summed E-state index contributed by atoms with van der Waals surface area (Å²) in [4.78, 5) is 24.8. The van der Waals surface area contributed by atoms with Gasteiger partial charge in [0, 0.05) is 11.7 Å². The second-order valence-corrected chi connectivity index (χ2v) is 9.34. The number of hydrogen-bond acceptors (Lipinski definition) is 7. The number of nitrogens with one attached hydrogen (secondary N) is 2. The van der Waals surface area contributed by atoms with E-state index < -0.39 is 28.0 Å². The summed E-state index contributed by atoms with van der Waals surface area (Å²) < 4.78 is 33.5. The molecule has 3 aromatic rings. The fourth-order valence-corrected chi connectivity index (χ4v) is 4.10. The number of esters is 1. The maximum Gasteiger partial charge on any atom is 0.361 e. The Bertz CT molecular complexity index is 1210. The van der Waals surface area contributed by atoms with Crippen LogP contribution >= 0.6 is 0 Å². The normalized spacial score (nSPS) is 12.4. The first-order chi connectivity index (χ1) is 15.6. The minimum atomic E-state index is -3.63. The fraction of sp³-hybridized carbons (Fsp3) is 0.273. The lowest BCUT2D eigenvalue weighted by atomic mass is 10.2. The largest absolute Gasteiger partial charge is 0.448 e. The van der Waals surface area contributed by atoms with E-state index in [1.165, 1.54) is 42.1 Å². The summed E-state index contributed by atoms with van der Waals surface area (Å²) in [5, 5.41) is 10.3. The quantitative estimate of drug-likeness (QED) is 0.457. The minimum absolute atomic E-state index is 0.0159. The molecule has 174 valence electrons. The second-order valence-electron chi connectivity index (χ2n) is 7.62. The topological polar surface area (TPSA) is 132 Å². The van der Waals surface area contributed by atoms with E-state index in [0.29, 0.717) is 12.2 Å². The lowest BCUT2D eigenvalue weighted by molar-refractivity contribution is -0.123. The van der Waals surface area contributed by atoms with Crippen molar-refractivity contribution in [3.63, 3.8) is 0 Å². The number of benzene rings is 2. The van der Waals surface area contributed by atoms with Gasteiger partial charge in [0.15, 0.2) is 11.8 Å². The first kappa shape index (κ1) is 24.1. The standard InChI is InChI=1S/C22H25N5O5S/c1-15(2)25-33(30,31)19-11-9-18(10-12-19)23-21(28)16(3)32-22(29)20-14-27(26-24-20)13-17-7-5-4-6-8-17/h4-12,14-16,25H,13H2,1-3H3,(H,23,28). The first-order valence-electron chi connectivity index (χ1n) is 10.2. The van der Waals surface area contributed by atoms with Crippen LogP contribution in [0.5, 0.6) is 0 Å². The first-order valence-corrected chi connectivity index (χ1v) is 11.7. The fourth-order valence-electron chi connectivity index (χ4n) is 2.85. The highest BCUT2D eigenvalue weighted by Gasteiger charge is 2.22. The minimum Gasteiger partial charge on any atom is -0.448 e. The average molecular weight is 472 g/mol. The molecular weight excluding hydrogens is 446 g/mol. The monoisotopic (exact) mass is 471 g/mol. The number of aromatic nitrogens is 3. The summed E-state index contributed by atoms with van der Waals surface area (Å²) in [6.45, 7) is 5.31. The van der Waals surface area contributed by atoms with Gasteiger partial charge < -0.3 is 10.1 Å². The second kappa shape index (κ2) is 10.4. The Hall–Kier alpha value is -3.57. The van der Waals surface area contributed by atoms with Crippen LogP contribution in [0.4, 0.5) is 5.69 Å². The molecule has 0 spiro atoms. The van der Waals surface area contributed by atoms with Crippen LogP contribution in [0.15, 0.2) is 65.7 Å². The number of sulfonamides is 1. The maximum atomic E-state index is 12.4. The molecule has 33 heavy (non-hydrogen) atoms. The van der Waals surface area contributed by atoms with Crippen molar-refractivity contribution in [2.24, 2.45) is 0 Å². The van der Waals surface area contributed by atoms with Crippen LogP contribution in [0.25, 0.3) is 0 Å². The van der Waals surface area contributed by atoms with Crippen molar-refractivity contribution >= 4 is 27.6 Å². The van der Waals surface area contributed by atoms with E-state index in [-0.39, 0.29) is 16.6 Å². The average Bonchev–Trinajstić information content (AvgIpc) is 3.22. The van der Waals surface area contributed by atoms with Gasteiger partial charge in [-0.3, -0.25) is 4.79 Å². The third-order valence-electron chi connectivity index (χ3n) is 4.41. The van der Waals surface area contributed by atoms with Crippen LogP contribution in [0.3, 0.4) is 0 Å². The number of rotatable bonds is 9. The van der Waals surface area contributed by atoms with Crippen LogP contribution in [-0.2, 0) is 26.1 Å². The highest BCUT2D eigenvalue weighted by Crippen LogP contribution is 2.15. The van der Waals surface area contributed by atoms with Gasteiger partial charge in [-0.1, -0.05) is 35.5 Å². The number of anilines is 1. The molecular formula is C22H25N5O5S. The molecule has 3 rings (SSSR count). The molecule has 1 unspecified atom stereocenters. The Morgan fingerprint density at radius 2 is 1.70 bits per heavy atom. The third-order valence-corrected chi connectivity index (χ3v) is 6.09. The van der Waals surface area contributed by atoms with E-state index in [2.05, 4.69) is 20.4 Å². The molecule has 0 radical (unpaired) electrons. The molecule has 1 atom stereocenters. The van der Waals surface area contributed by atoms with Crippen molar-refractivity contribution in [1.29, 1.82) is 0 Å². The van der Waals surface area contributed by atoms with Crippen LogP contribution in [0.2, 0.25) is 0 Å². The van der Waals surface area contributed by atoms with Crippen molar-refractivity contribution in [3.05, 3.63) is 72.1 Å². The van der Waals surface area contributed by atoms with Crippen LogP contribution in [0, 0.1) is 0 Å². The van der Waals surface area contributed by atoms with Crippen molar-refractivity contribution < 1.29 is 22.7 Å². The van der Waals surface area contributed by atoms with Gasteiger partial charge in [0.2, 0.25) is 10.0 Å². The molecule has 1 heterocycles. The Morgan fingerprint density at radius 1 is 1.03 bits per heavy atom. The van der Waals surface area contributed by atoms with E-state index in [1.807, 2.05) is 30.3 Å². The highest BCUT2D eigenvalue weighted by atomic mass is 32.2. The van der Waals surface area contributed by atoms with Gasteiger partial charge in [0.1, 0.15) is 0 Å². The smallest absolute Gasteiger partial charge is 0.361 e. The molecule has 0 fully saturated rings. The van der Waals surface area contributed by atoms with E-state index in [0.717, 1.165) is 5.56 Å².